The van der Waals surface area contributed by atoms with Crippen molar-refractivity contribution in [1.29, 1.82) is 0 Å². The van der Waals surface area contributed by atoms with E-state index in [1.165, 1.54) is 0 Å². The first-order chi connectivity index (χ1) is 10.1. The lowest BCUT2D eigenvalue weighted by molar-refractivity contribution is -0.122. The summed E-state index contributed by atoms with van der Waals surface area (Å²) >= 11 is 0. The summed E-state index contributed by atoms with van der Waals surface area (Å²) in [5, 5.41) is 16.1. The Kier molecular flexibility index (Phi) is 5.59. The summed E-state index contributed by atoms with van der Waals surface area (Å²) in [6.07, 6.45) is 2.05. The van der Waals surface area contributed by atoms with Crippen LogP contribution in [0.15, 0.2) is 24.3 Å². The van der Waals surface area contributed by atoms with Gasteiger partial charge < -0.3 is 15.7 Å². The van der Waals surface area contributed by atoms with Crippen LogP contribution in [0.25, 0.3) is 0 Å². The van der Waals surface area contributed by atoms with Crippen molar-refractivity contribution < 1.29 is 9.90 Å². The highest BCUT2D eigenvalue weighted by atomic mass is 16.3. The lowest BCUT2D eigenvalue weighted by Crippen LogP contribution is -2.46. The van der Waals surface area contributed by atoms with Crippen LogP contribution in [0.4, 0.5) is 0 Å². The van der Waals surface area contributed by atoms with Gasteiger partial charge in [0, 0.05) is 37.8 Å². The Hall–Kier alpha value is -1.59. The monoisotopic (exact) mass is 291 g/mol. The van der Waals surface area contributed by atoms with E-state index < -0.39 is 0 Å². The highest BCUT2D eigenvalue weighted by molar-refractivity contribution is 5.77. The molecule has 1 aliphatic heterocycles. The van der Waals surface area contributed by atoms with Crippen LogP contribution in [0.3, 0.4) is 0 Å². The zero-order valence-corrected chi connectivity index (χ0v) is 12.8. The van der Waals surface area contributed by atoms with Gasteiger partial charge in [-0.05, 0) is 25.8 Å². The van der Waals surface area contributed by atoms with Crippen LogP contribution in [0, 0.1) is 0 Å². The molecule has 5 heteroatoms. The molecule has 1 heterocycles. The predicted octanol–water partition coefficient (Wildman–Crippen LogP) is 1.25. The average molecular weight is 291 g/mol. The third kappa shape index (κ3) is 4.44. The molecule has 1 saturated heterocycles. The van der Waals surface area contributed by atoms with E-state index in [-0.39, 0.29) is 11.9 Å². The standard InChI is InChI=1S/C16H25N3O2/c1-12(14-5-3-4-6-15(14)20)18-13-7-9-19(10-8-13)11-16(21)17-2/h3-6,12-13,18,20H,7-11H2,1-2H3,(H,17,21). The molecule has 1 unspecified atom stereocenters. The summed E-state index contributed by atoms with van der Waals surface area (Å²) < 4.78 is 0. The maximum atomic E-state index is 11.4. The van der Waals surface area contributed by atoms with Crippen molar-refractivity contribution in [2.75, 3.05) is 26.7 Å². The fraction of sp³-hybridized carbons (Fsp3) is 0.562. The zero-order valence-electron chi connectivity index (χ0n) is 12.8. The molecule has 1 aliphatic rings. The Balaban J connectivity index is 1.81. The van der Waals surface area contributed by atoms with Gasteiger partial charge in [0.15, 0.2) is 0 Å². The number of nitrogens with one attached hydrogen (secondary N) is 2. The maximum absolute atomic E-state index is 11.4. The lowest BCUT2D eigenvalue weighted by atomic mass is 10.0. The number of piperidine rings is 1. The van der Waals surface area contributed by atoms with E-state index in [1.54, 1.807) is 13.1 Å². The average Bonchev–Trinajstić information content (AvgIpc) is 2.49. The second-order valence-electron chi connectivity index (χ2n) is 5.67. The van der Waals surface area contributed by atoms with Gasteiger partial charge in [0.2, 0.25) is 5.91 Å². The van der Waals surface area contributed by atoms with Gasteiger partial charge in [0.25, 0.3) is 0 Å². The number of nitrogens with zero attached hydrogens (tertiary/aromatic N) is 1. The summed E-state index contributed by atoms with van der Waals surface area (Å²) in [4.78, 5) is 13.5. The van der Waals surface area contributed by atoms with E-state index in [1.807, 2.05) is 18.2 Å². The third-order valence-corrected chi connectivity index (χ3v) is 4.12. The molecule has 1 amide bonds. The summed E-state index contributed by atoms with van der Waals surface area (Å²) in [5.74, 6) is 0.415. The SMILES string of the molecule is CNC(=O)CN1CCC(NC(C)c2ccccc2O)CC1. The van der Waals surface area contributed by atoms with Gasteiger partial charge in [-0.1, -0.05) is 18.2 Å². The molecule has 21 heavy (non-hydrogen) atoms. The number of para-hydroxylation sites is 1. The van der Waals surface area contributed by atoms with Crippen molar-refractivity contribution in [1.82, 2.24) is 15.5 Å². The Bertz CT molecular complexity index is 470. The van der Waals surface area contributed by atoms with E-state index in [9.17, 15) is 9.90 Å². The number of rotatable bonds is 5. The molecule has 1 aromatic rings. The molecule has 2 rings (SSSR count). The zero-order chi connectivity index (χ0) is 15.2. The first-order valence-electron chi connectivity index (χ1n) is 7.57. The molecule has 0 bridgehead atoms. The molecule has 3 N–H and O–H groups in total. The number of hydrogen-bond acceptors (Lipinski definition) is 4. The summed E-state index contributed by atoms with van der Waals surface area (Å²) in [6, 6.07) is 8.01. The van der Waals surface area contributed by atoms with E-state index in [0.29, 0.717) is 18.3 Å². The molecule has 0 spiro atoms. The van der Waals surface area contributed by atoms with Gasteiger partial charge in [-0.3, -0.25) is 9.69 Å². The fourth-order valence-corrected chi connectivity index (χ4v) is 2.84. The van der Waals surface area contributed by atoms with E-state index in [4.69, 9.17) is 0 Å². The minimum atomic E-state index is 0.0731. The molecule has 0 radical (unpaired) electrons. The summed E-state index contributed by atoms with van der Waals surface area (Å²) in [5.41, 5.74) is 0.935. The molecule has 116 valence electrons. The van der Waals surface area contributed by atoms with Crippen LogP contribution >= 0.6 is 0 Å². The van der Waals surface area contributed by atoms with Crippen molar-refractivity contribution in [3.05, 3.63) is 29.8 Å². The normalized spacial score (nSPS) is 18.4. The number of aromatic hydroxyl groups is 1. The third-order valence-electron chi connectivity index (χ3n) is 4.12. The van der Waals surface area contributed by atoms with Crippen LogP contribution in [-0.4, -0.2) is 48.6 Å². The number of hydrogen-bond donors (Lipinski definition) is 3. The van der Waals surface area contributed by atoms with E-state index in [2.05, 4.69) is 22.5 Å². The second-order valence-corrected chi connectivity index (χ2v) is 5.67. The minimum Gasteiger partial charge on any atom is -0.508 e. The summed E-state index contributed by atoms with van der Waals surface area (Å²) in [7, 11) is 1.67. The second kappa shape index (κ2) is 7.43. The Morgan fingerprint density at radius 2 is 2.05 bits per heavy atom. The van der Waals surface area contributed by atoms with Gasteiger partial charge in [-0.25, -0.2) is 0 Å². The van der Waals surface area contributed by atoms with E-state index >= 15 is 0 Å². The van der Waals surface area contributed by atoms with Crippen molar-refractivity contribution in [3.8, 4) is 5.75 Å². The van der Waals surface area contributed by atoms with Crippen LogP contribution in [0.5, 0.6) is 5.75 Å². The molecule has 0 aliphatic carbocycles. The Morgan fingerprint density at radius 3 is 2.67 bits per heavy atom. The molecule has 1 atom stereocenters. The Labute approximate surface area is 126 Å². The largest absolute Gasteiger partial charge is 0.508 e. The van der Waals surface area contributed by atoms with Gasteiger partial charge in [0.05, 0.1) is 6.54 Å². The molecule has 5 nitrogen and oxygen atoms in total. The molecular formula is C16H25N3O2. The van der Waals surface area contributed by atoms with Crippen LogP contribution in [0.2, 0.25) is 0 Å². The number of carbonyl (C=O) groups excluding carboxylic acids is 1. The number of phenols is 1. The van der Waals surface area contributed by atoms with Gasteiger partial charge in [-0.2, -0.15) is 0 Å². The highest BCUT2D eigenvalue weighted by Gasteiger charge is 2.22. The Morgan fingerprint density at radius 1 is 1.38 bits per heavy atom. The molecule has 1 aromatic carbocycles. The maximum Gasteiger partial charge on any atom is 0.233 e. The molecule has 1 fully saturated rings. The number of likely N-dealkylation sites (N-methyl/N-ethyl adjacent to an activating group) is 1. The highest BCUT2D eigenvalue weighted by Crippen LogP contribution is 2.24. The number of phenolic OH excluding ortho intramolecular Hbond substituents is 1. The summed E-state index contributed by atoms with van der Waals surface area (Å²) in [6.45, 7) is 4.42. The number of carbonyl (C=O) groups is 1. The van der Waals surface area contributed by atoms with Crippen molar-refractivity contribution in [3.63, 3.8) is 0 Å². The minimum absolute atomic E-state index is 0.0731. The quantitative estimate of drug-likeness (QED) is 0.764. The first-order valence-corrected chi connectivity index (χ1v) is 7.57. The van der Waals surface area contributed by atoms with Gasteiger partial charge >= 0.3 is 0 Å². The lowest BCUT2D eigenvalue weighted by Gasteiger charge is -2.33. The fourth-order valence-electron chi connectivity index (χ4n) is 2.84. The number of amides is 1. The smallest absolute Gasteiger partial charge is 0.233 e. The van der Waals surface area contributed by atoms with Crippen LogP contribution in [0.1, 0.15) is 31.4 Å². The van der Waals surface area contributed by atoms with E-state index in [0.717, 1.165) is 31.5 Å². The number of benzene rings is 1. The molecular weight excluding hydrogens is 266 g/mol. The number of likely N-dealkylation sites (tertiary alicyclic amines) is 1. The molecule has 0 saturated carbocycles. The van der Waals surface area contributed by atoms with Crippen molar-refractivity contribution in [2.45, 2.75) is 31.8 Å². The molecule has 0 aromatic heterocycles. The topological polar surface area (TPSA) is 64.6 Å². The van der Waals surface area contributed by atoms with Gasteiger partial charge in [0.1, 0.15) is 5.75 Å². The van der Waals surface area contributed by atoms with Crippen molar-refractivity contribution in [2.24, 2.45) is 0 Å². The van der Waals surface area contributed by atoms with Crippen molar-refractivity contribution >= 4 is 5.91 Å². The van der Waals surface area contributed by atoms with Gasteiger partial charge in [-0.15, -0.1) is 0 Å². The first kappa shape index (κ1) is 15.8. The predicted molar refractivity (Wildman–Crippen MR) is 83.2 cm³/mol. The van der Waals surface area contributed by atoms with Crippen LogP contribution < -0.4 is 10.6 Å². The van der Waals surface area contributed by atoms with Crippen LogP contribution in [-0.2, 0) is 4.79 Å².